The molecule has 82 valence electrons. The molecule has 1 heterocycles. The van der Waals surface area contributed by atoms with Gasteiger partial charge in [0.1, 0.15) is 12.7 Å². The monoisotopic (exact) mass is 206 g/mol. The zero-order chi connectivity index (χ0) is 10.4. The van der Waals surface area contributed by atoms with E-state index < -0.39 is 12.4 Å². The van der Waals surface area contributed by atoms with Crippen molar-refractivity contribution >= 4 is 6.16 Å². The molecule has 0 amide bonds. The fourth-order valence-electron chi connectivity index (χ4n) is 0.967. The molecule has 0 spiro atoms. The number of carbonyl (C=O) groups excluding carboxylic acids is 1. The Morgan fingerprint density at radius 3 is 3.00 bits per heavy atom. The molecule has 1 aliphatic heterocycles. The van der Waals surface area contributed by atoms with Crippen LogP contribution in [0.3, 0.4) is 0 Å². The van der Waals surface area contributed by atoms with Gasteiger partial charge in [-0.15, -0.1) is 0 Å². The molecule has 1 unspecified atom stereocenters. The van der Waals surface area contributed by atoms with E-state index in [1.54, 1.807) is 0 Å². The smallest absolute Gasteiger partial charge is 0.431 e. The summed E-state index contributed by atoms with van der Waals surface area (Å²) in [6.45, 7) is 2.86. The minimum atomic E-state index is -1.16. The molecule has 1 saturated heterocycles. The van der Waals surface area contributed by atoms with E-state index in [1.807, 2.05) is 0 Å². The Labute approximate surface area is 81.7 Å². The normalized spacial score (nSPS) is 24.0. The molecule has 0 aliphatic carbocycles. The molecule has 6 heteroatoms. The van der Waals surface area contributed by atoms with Gasteiger partial charge in [0.05, 0.1) is 19.8 Å². The minimum Gasteiger partial charge on any atom is -0.431 e. The van der Waals surface area contributed by atoms with Crippen LogP contribution < -0.4 is 0 Å². The van der Waals surface area contributed by atoms with Crippen molar-refractivity contribution in [3.05, 3.63) is 0 Å². The second-order valence-corrected chi connectivity index (χ2v) is 2.85. The SMILES string of the molecule is CC(O)OC(=O)OC[C@@H]1COCCO1. The third-order valence-electron chi connectivity index (χ3n) is 1.54. The molecule has 0 aromatic carbocycles. The summed E-state index contributed by atoms with van der Waals surface area (Å²) >= 11 is 0. The fourth-order valence-corrected chi connectivity index (χ4v) is 0.967. The summed E-state index contributed by atoms with van der Waals surface area (Å²) in [6.07, 6.45) is -2.31. The molecular weight excluding hydrogens is 192 g/mol. The zero-order valence-corrected chi connectivity index (χ0v) is 7.97. The lowest BCUT2D eigenvalue weighted by Crippen LogP contribution is -2.33. The van der Waals surface area contributed by atoms with Gasteiger partial charge in [-0.3, -0.25) is 0 Å². The largest absolute Gasteiger partial charge is 0.510 e. The topological polar surface area (TPSA) is 74.2 Å². The maximum Gasteiger partial charge on any atom is 0.510 e. The van der Waals surface area contributed by atoms with Crippen molar-refractivity contribution in [1.82, 2.24) is 0 Å². The van der Waals surface area contributed by atoms with Crippen LogP contribution in [0.25, 0.3) is 0 Å². The Bertz CT molecular complexity index is 175. The van der Waals surface area contributed by atoms with Crippen molar-refractivity contribution in [2.45, 2.75) is 19.3 Å². The van der Waals surface area contributed by atoms with E-state index in [0.717, 1.165) is 0 Å². The first-order valence-corrected chi connectivity index (χ1v) is 4.39. The Balaban J connectivity index is 2.09. The first-order valence-electron chi connectivity index (χ1n) is 4.39. The minimum absolute atomic E-state index is 0.0750. The van der Waals surface area contributed by atoms with Gasteiger partial charge in [-0.25, -0.2) is 4.79 Å². The van der Waals surface area contributed by atoms with Crippen LogP contribution in [0.2, 0.25) is 0 Å². The van der Waals surface area contributed by atoms with E-state index in [-0.39, 0.29) is 12.7 Å². The van der Waals surface area contributed by atoms with Gasteiger partial charge < -0.3 is 24.1 Å². The second kappa shape index (κ2) is 5.79. The molecule has 0 radical (unpaired) electrons. The predicted octanol–water partition coefficient (Wildman–Crippen LogP) is -0.107. The number of hydrogen-bond donors (Lipinski definition) is 1. The van der Waals surface area contributed by atoms with Gasteiger partial charge in [0, 0.05) is 0 Å². The molecule has 1 N–H and O–H groups in total. The van der Waals surface area contributed by atoms with E-state index in [2.05, 4.69) is 9.47 Å². The number of carbonyl (C=O) groups is 1. The lowest BCUT2D eigenvalue weighted by molar-refractivity contribution is -0.120. The third kappa shape index (κ3) is 4.40. The van der Waals surface area contributed by atoms with Crippen molar-refractivity contribution in [1.29, 1.82) is 0 Å². The second-order valence-electron chi connectivity index (χ2n) is 2.85. The highest BCUT2D eigenvalue weighted by Crippen LogP contribution is 2.02. The molecule has 6 nitrogen and oxygen atoms in total. The molecule has 1 fully saturated rings. The van der Waals surface area contributed by atoms with Crippen LogP contribution >= 0.6 is 0 Å². The molecule has 1 rings (SSSR count). The van der Waals surface area contributed by atoms with Crippen molar-refractivity contribution in [2.75, 3.05) is 26.4 Å². The van der Waals surface area contributed by atoms with Crippen LogP contribution in [0.15, 0.2) is 0 Å². The van der Waals surface area contributed by atoms with Crippen LogP contribution in [0.4, 0.5) is 4.79 Å². The molecular formula is C8H14O6. The van der Waals surface area contributed by atoms with Crippen molar-refractivity contribution < 1.29 is 28.8 Å². The average Bonchev–Trinajstić information content (AvgIpc) is 2.15. The summed E-state index contributed by atoms with van der Waals surface area (Å²) in [5.74, 6) is 0. The summed E-state index contributed by atoms with van der Waals surface area (Å²) in [5.41, 5.74) is 0. The molecule has 0 bridgehead atoms. The van der Waals surface area contributed by atoms with E-state index in [9.17, 15) is 4.79 Å². The first-order chi connectivity index (χ1) is 6.68. The summed E-state index contributed by atoms with van der Waals surface area (Å²) < 4.78 is 19.3. The molecule has 0 aromatic heterocycles. The van der Waals surface area contributed by atoms with Crippen LogP contribution in [0, 0.1) is 0 Å². The van der Waals surface area contributed by atoms with Crippen LogP contribution in [0.5, 0.6) is 0 Å². The quantitative estimate of drug-likeness (QED) is 0.513. The van der Waals surface area contributed by atoms with Crippen LogP contribution in [-0.2, 0) is 18.9 Å². The number of ether oxygens (including phenoxy) is 4. The Morgan fingerprint density at radius 1 is 1.64 bits per heavy atom. The third-order valence-corrected chi connectivity index (χ3v) is 1.54. The Kier molecular flexibility index (Phi) is 4.64. The zero-order valence-electron chi connectivity index (χ0n) is 7.97. The van der Waals surface area contributed by atoms with E-state index in [4.69, 9.17) is 14.6 Å². The van der Waals surface area contributed by atoms with Crippen molar-refractivity contribution in [3.63, 3.8) is 0 Å². The fraction of sp³-hybridized carbons (Fsp3) is 0.875. The number of aliphatic hydroxyl groups is 1. The first kappa shape index (κ1) is 11.2. The molecule has 0 saturated carbocycles. The summed E-state index contributed by atoms with van der Waals surface area (Å²) in [7, 11) is 0. The van der Waals surface area contributed by atoms with Crippen molar-refractivity contribution in [2.24, 2.45) is 0 Å². The maximum atomic E-state index is 10.8. The van der Waals surface area contributed by atoms with Gasteiger partial charge >= 0.3 is 6.16 Å². The standard InChI is InChI=1S/C8H14O6/c1-6(9)14-8(10)13-5-7-4-11-2-3-12-7/h6-7,9H,2-5H2,1H3/t6?,7-/m0/s1. The predicted molar refractivity (Wildman–Crippen MR) is 44.7 cm³/mol. The highest BCUT2D eigenvalue weighted by molar-refractivity contribution is 5.59. The van der Waals surface area contributed by atoms with Crippen LogP contribution in [-0.4, -0.2) is 50.1 Å². The van der Waals surface area contributed by atoms with Gasteiger partial charge in [0.25, 0.3) is 0 Å². The van der Waals surface area contributed by atoms with Crippen LogP contribution in [0.1, 0.15) is 6.92 Å². The van der Waals surface area contributed by atoms with Gasteiger partial charge in [-0.1, -0.05) is 0 Å². The van der Waals surface area contributed by atoms with Crippen molar-refractivity contribution in [3.8, 4) is 0 Å². The van der Waals surface area contributed by atoms with Gasteiger partial charge in [0.2, 0.25) is 6.29 Å². The average molecular weight is 206 g/mol. The van der Waals surface area contributed by atoms with E-state index >= 15 is 0 Å². The molecule has 1 aliphatic rings. The molecule has 0 aromatic rings. The lowest BCUT2D eigenvalue weighted by atomic mass is 10.4. The highest BCUT2D eigenvalue weighted by Gasteiger charge is 2.17. The highest BCUT2D eigenvalue weighted by atomic mass is 16.8. The molecule has 2 atom stereocenters. The van der Waals surface area contributed by atoms with E-state index in [0.29, 0.717) is 19.8 Å². The Morgan fingerprint density at radius 2 is 2.43 bits per heavy atom. The summed E-state index contributed by atoms with van der Waals surface area (Å²) in [6, 6.07) is 0. The lowest BCUT2D eigenvalue weighted by Gasteiger charge is -2.22. The maximum absolute atomic E-state index is 10.8. The molecule has 14 heavy (non-hydrogen) atoms. The number of hydrogen-bond acceptors (Lipinski definition) is 6. The summed E-state index contributed by atoms with van der Waals surface area (Å²) in [4.78, 5) is 10.8. The number of rotatable bonds is 3. The number of aliphatic hydroxyl groups excluding tert-OH is 1. The summed E-state index contributed by atoms with van der Waals surface area (Å²) in [5, 5.41) is 8.68. The van der Waals surface area contributed by atoms with E-state index in [1.165, 1.54) is 6.92 Å². The van der Waals surface area contributed by atoms with Gasteiger partial charge in [0.15, 0.2) is 0 Å². The Hall–Kier alpha value is -0.850. The van der Waals surface area contributed by atoms with Gasteiger partial charge in [-0.2, -0.15) is 0 Å². The van der Waals surface area contributed by atoms with Gasteiger partial charge in [-0.05, 0) is 6.92 Å².